The fraction of sp³-hybridized carbons (Fsp3) is 0.238. The number of benzene rings is 2. The Morgan fingerprint density at radius 1 is 1.15 bits per heavy atom. The maximum atomic E-state index is 12.5. The van der Waals surface area contributed by atoms with Gasteiger partial charge >= 0.3 is 5.97 Å². The first-order valence-electron chi connectivity index (χ1n) is 8.43. The Bertz CT molecular complexity index is 1000. The molecule has 0 spiro atoms. The summed E-state index contributed by atoms with van der Waals surface area (Å²) in [5.41, 5.74) is 4.90. The second-order valence-electron chi connectivity index (χ2n) is 6.46. The molecule has 2 aromatic carbocycles. The topological polar surface area (TPSA) is 60.3 Å². The van der Waals surface area contributed by atoms with Crippen LogP contribution in [0.2, 0.25) is 0 Å². The van der Waals surface area contributed by atoms with E-state index >= 15 is 0 Å². The molecule has 0 aliphatic rings. The molecule has 5 nitrogen and oxygen atoms in total. The van der Waals surface area contributed by atoms with Gasteiger partial charge in [-0.3, -0.25) is 4.79 Å². The molecule has 1 N–H and O–H groups in total. The van der Waals surface area contributed by atoms with Crippen LogP contribution in [0.3, 0.4) is 0 Å². The highest BCUT2D eigenvalue weighted by molar-refractivity contribution is 5.98. The normalized spacial score (nSPS) is 10.8. The van der Waals surface area contributed by atoms with E-state index in [0.29, 0.717) is 11.3 Å². The van der Waals surface area contributed by atoms with Crippen LogP contribution in [0.4, 0.5) is 5.69 Å². The van der Waals surface area contributed by atoms with E-state index in [9.17, 15) is 9.59 Å². The van der Waals surface area contributed by atoms with Gasteiger partial charge in [0, 0.05) is 29.8 Å². The molecule has 0 aliphatic carbocycles. The predicted molar refractivity (Wildman–Crippen MR) is 103 cm³/mol. The number of fused-ring (bicyclic) bond motifs is 1. The third-order valence-electron chi connectivity index (χ3n) is 4.69. The molecule has 0 saturated carbocycles. The van der Waals surface area contributed by atoms with Gasteiger partial charge < -0.3 is 14.6 Å². The molecule has 0 saturated heterocycles. The number of anilines is 1. The molecule has 26 heavy (non-hydrogen) atoms. The summed E-state index contributed by atoms with van der Waals surface area (Å²) in [6.45, 7) is 3.77. The van der Waals surface area contributed by atoms with Gasteiger partial charge in [-0.2, -0.15) is 0 Å². The molecule has 1 heterocycles. The minimum Gasteiger partial charge on any atom is -0.465 e. The van der Waals surface area contributed by atoms with Crippen LogP contribution in [-0.2, 0) is 23.0 Å². The summed E-state index contributed by atoms with van der Waals surface area (Å²) in [4.78, 5) is 24.5. The number of aromatic nitrogens is 1. The number of esters is 1. The fourth-order valence-electron chi connectivity index (χ4n) is 3.20. The number of amides is 1. The van der Waals surface area contributed by atoms with Gasteiger partial charge in [-0.15, -0.1) is 0 Å². The average Bonchev–Trinajstić information content (AvgIpc) is 2.93. The zero-order valence-corrected chi connectivity index (χ0v) is 15.4. The van der Waals surface area contributed by atoms with Crippen molar-refractivity contribution < 1.29 is 14.3 Å². The number of nitrogens with zero attached hydrogens (tertiary/aromatic N) is 1. The van der Waals surface area contributed by atoms with E-state index in [4.69, 9.17) is 4.74 Å². The molecule has 0 fully saturated rings. The summed E-state index contributed by atoms with van der Waals surface area (Å²) in [5.74, 6) is -0.531. The molecule has 1 amide bonds. The van der Waals surface area contributed by atoms with Crippen molar-refractivity contribution in [1.29, 1.82) is 0 Å². The van der Waals surface area contributed by atoms with Crippen molar-refractivity contribution >= 4 is 28.5 Å². The maximum Gasteiger partial charge on any atom is 0.338 e. The first-order valence-corrected chi connectivity index (χ1v) is 8.43. The van der Waals surface area contributed by atoms with Crippen LogP contribution >= 0.6 is 0 Å². The molecule has 3 aromatic rings. The van der Waals surface area contributed by atoms with Gasteiger partial charge in [-0.1, -0.05) is 18.2 Å². The minimum atomic E-state index is -0.407. The molecule has 134 valence electrons. The van der Waals surface area contributed by atoms with Gasteiger partial charge in [0.2, 0.25) is 5.91 Å². The number of methoxy groups -OCH3 is 1. The molecular formula is C21H22N2O3. The number of aryl methyl sites for hydroxylation is 2. The standard InChI is InChI=1S/C21H22N2O3/c1-13-9-16(11-18(14(13)2)21(25)26-4)22-20(24)10-15-12-23(3)19-8-6-5-7-17(15)19/h5-9,11-12H,10H2,1-4H3,(H,22,24). The zero-order chi connectivity index (χ0) is 18.8. The number of carbonyl (C=O) groups is 2. The third-order valence-corrected chi connectivity index (χ3v) is 4.69. The van der Waals surface area contributed by atoms with Crippen LogP contribution in [0.15, 0.2) is 42.6 Å². The Labute approximate surface area is 152 Å². The minimum absolute atomic E-state index is 0.125. The van der Waals surface area contributed by atoms with E-state index in [2.05, 4.69) is 5.32 Å². The second-order valence-corrected chi connectivity index (χ2v) is 6.46. The first kappa shape index (κ1) is 17.7. The molecule has 0 atom stereocenters. The van der Waals surface area contributed by atoms with E-state index in [-0.39, 0.29) is 12.3 Å². The summed E-state index contributed by atoms with van der Waals surface area (Å²) in [6, 6.07) is 11.5. The lowest BCUT2D eigenvalue weighted by Crippen LogP contribution is -2.15. The molecule has 0 aliphatic heterocycles. The first-order chi connectivity index (χ1) is 12.4. The van der Waals surface area contributed by atoms with Gasteiger partial charge in [-0.25, -0.2) is 4.79 Å². The molecule has 1 aromatic heterocycles. The van der Waals surface area contributed by atoms with Crippen molar-refractivity contribution in [3.05, 3.63) is 64.8 Å². The van der Waals surface area contributed by atoms with E-state index in [1.165, 1.54) is 7.11 Å². The highest BCUT2D eigenvalue weighted by atomic mass is 16.5. The molecular weight excluding hydrogens is 328 g/mol. The van der Waals surface area contributed by atoms with E-state index in [1.54, 1.807) is 6.07 Å². The fourth-order valence-corrected chi connectivity index (χ4v) is 3.20. The summed E-state index contributed by atoms with van der Waals surface area (Å²) in [5, 5.41) is 3.97. The number of nitrogens with one attached hydrogen (secondary N) is 1. The highest BCUT2D eigenvalue weighted by Crippen LogP contribution is 2.23. The van der Waals surface area contributed by atoms with E-state index in [0.717, 1.165) is 27.6 Å². The van der Waals surface area contributed by atoms with Crippen LogP contribution in [0, 0.1) is 13.8 Å². The summed E-state index contributed by atoms with van der Waals surface area (Å²) in [6.07, 6.45) is 2.24. The van der Waals surface area contributed by atoms with Gasteiger partial charge in [0.15, 0.2) is 0 Å². The van der Waals surface area contributed by atoms with Gasteiger partial charge in [-0.05, 0) is 48.7 Å². The number of rotatable bonds is 4. The van der Waals surface area contributed by atoms with Crippen molar-refractivity contribution in [1.82, 2.24) is 4.57 Å². The van der Waals surface area contributed by atoms with E-state index in [1.807, 2.05) is 62.0 Å². The van der Waals surface area contributed by atoms with Crippen molar-refractivity contribution in [2.75, 3.05) is 12.4 Å². The third kappa shape index (κ3) is 3.33. The van der Waals surface area contributed by atoms with Gasteiger partial charge in [0.1, 0.15) is 0 Å². The Morgan fingerprint density at radius 3 is 2.62 bits per heavy atom. The van der Waals surface area contributed by atoms with Crippen molar-refractivity contribution in [3.63, 3.8) is 0 Å². The molecule has 3 rings (SSSR count). The zero-order valence-electron chi connectivity index (χ0n) is 15.4. The van der Waals surface area contributed by atoms with Crippen molar-refractivity contribution in [2.45, 2.75) is 20.3 Å². The van der Waals surface area contributed by atoms with Crippen LogP contribution in [-0.4, -0.2) is 23.6 Å². The summed E-state index contributed by atoms with van der Waals surface area (Å²) in [7, 11) is 3.32. The highest BCUT2D eigenvalue weighted by Gasteiger charge is 2.15. The van der Waals surface area contributed by atoms with Crippen LogP contribution in [0.5, 0.6) is 0 Å². The number of hydrogen-bond donors (Lipinski definition) is 1. The monoisotopic (exact) mass is 350 g/mol. The Hall–Kier alpha value is -3.08. The molecule has 0 unspecified atom stereocenters. The van der Waals surface area contributed by atoms with Gasteiger partial charge in [0.05, 0.1) is 19.1 Å². The number of hydrogen-bond acceptors (Lipinski definition) is 3. The molecule has 0 bridgehead atoms. The number of para-hydroxylation sites is 1. The second kappa shape index (κ2) is 7.04. The van der Waals surface area contributed by atoms with Crippen LogP contribution < -0.4 is 5.32 Å². The van der Waals surface area contributed by atoms with Crippen molar-refractivity contribution in [2.24, 2.45) is 7.05 Å². The Kier molecular flexibility index (Phi) is 4.80. The maximum absolute atomic E-state index is 12.5. The quantitative estimate of drug-likeness (QED) is 0.729. The number of ether oxygens (including phenoxy) is 1. The summed E-state index contributed by atoms with van der Waals surface area (Å²) < 4.78 is 6.84. The Morgan fingerprint density at radius 2 is 1.88 bits per heavy atom. The average molecular weight is 350 g/mol. The SMILES string of the molecule is COC(=O)c1cc(NC(=O)Cc2cn(C)c3ccccc23)cc(C)c1C. The Balaban J connectivity index is 1.84. The van der Waals surface area contributed by atoms with Crippen molar-refractivity contribution in [3.8, 4) is 0 Å². The van der Waals surface area contributed by atoms with E-state index < -0.39 is 5.97 Å². The number of carbonyl (C=O) groups excluding carboxylic acids is 2. The predicted octanol–water partition coefficient (Wildman–Crippen LogP) is 3.76. The largest absolute Gasteiger partial charge is 0.465 e. The van der Waals surface area contributed by atoms with Crippen LogP contribution in [0.25, 0.3) is 10.9 Å². The van der Waals surface area contributed by atoms with Gasteiger partial charge in [0.25, 0.3) is 0 Å². The smallest absolute Gasteiger partial charge is 0.338 e. The molecule has 5 heteroatoms. The lowest BCUT2D eigenvalue weighted by Gasteiger charge is -2.12. The van der Waals surface area contributed by atoms with Crippen LogP contribution in [0.1, 0.15) is 27.0 Å². The summed E-state index contributed by atoms with van der Waals surface area (Å²) >= 11 is 0. The lowest BCUT2D eigenvalue weighted by molar-refractivity contribution is -0.115. The lowest BCUT2D eigenvalue weighted by atomic mass is 10.0. The molecule has 0 radical (unpaired) electrons.